The highest BCUT2D eigenvalue weighted by atomic mass is 19.1. The van der Waals surface area contributed by atoms with Gasteiger partial charge in [0.15, 0.2) is 5.54 Å². The predicted octanol–water partition coefficient (Wildman–Crippen LogP) is 3.52. The summed E-state index contributed by atoms with van der Waals surface area (Å²) in [6.45, 7) is 2.56. The summed E-state index contributed by atoms with van der Waals surface area (Å²) < 4.78 is 15.0. The van der Waals surface area contributed by atoms with E-state index in [0.29, 0.717) is 41.4 Å². The number of aromatic nitrogens is 6. The SMILES string of the molecule is CCn1cc(C2(C(=O)O)N[C@@H](c3nc(-c4ccc(F)cn4)c[nH]3)Cc3c2[nH]c2ccccc32)cn1. The second-order valence-corrected chi connectivity index (χ2v) is 8.60. The van der Waals surface area contributed by atoms with E-state index in [1.165, 1.54) is 6.07 Å². The first-order chi connectivity index (χ1) is 17.0. The number of aliphatic carboxylic acids is 1. The van der Waals surface area contributed by atoms with Crippen molar-refractivity contribution in [1.29, 1.82) is 0 Å². The van der Waals surface area contributed by atoms with E-state index in [9.17, 15) is 14.3 Å². The number of imidazole rings is 1. The topological polar surface area (TPSA) is 125 Å². The molecule has 0 aliphatic carbocycles. The second-order valence-electron chi connectivity index (χ2n) is 8.60. The number of benzene rings is 1. The van der Waals surface area contributed by atoms with Crippen molar-refractivity contribution in [2.75, 3.05) is 0 Å². The summed E-state index contributed by atoms with van der Waals surface area (Å²) in [6.07, 6.45) is 6.70. The molecule has 9 nitrogen and oxygen atoms in total. The van der Waals surface area contributed by atoms with E-state index in [1.807, 2.05) is 31.2 Å². The third-order valence-corrected chi connectivity index (χ3v) is 6.62. The fraction of sp³-hybridized carbons (Fsp3) is 0.200. The summed E-state index contributed by atoms with van der Waals surface area (Å²) in [4.78, 5) is 28.4. The maximum Gasteiger partial charge on any atom is 0.334 e. The molecule has 1 aliphatic rings. The van der Waals surface area contributed by atoms with Crippen molar-refractivity contribution in [2.24, 2.45) is 0 Å². The molecule has 4 N–H and O–H groups in total. The number of halogens is 1. The molecule has 1 aliphatic heterocycles. The molecule has 0 spiro atoms. The highest BCUT2D eigenvalue weighted by Gasteiger charge is 2.51. The number of aryl methyl sites for hydroxylation is 1. The van der Waals surface area contributed by atoms with E-state index in [2.05, 4.69) is 30.4 Å². The lowest BCUT2D eigenvalue weighted by Crippen LogP contribution is -2.55. The van der Waals surface area contributed by atoms with Crippen LogP contribution in [-0.4, -0.2) is 40.8 Å². The minimum Gasteiger partial charge on any atom is -0.479 e. The van der Waals surface area contributed by atoms with Gasteiger partial charge in [-0.2, -0.15) is 5.10 Å². The molecular formula is C25H22FN7O2. The van der Waals surface area contributed by atoms with E-state index in [-0.39, 0.29) is 0 Å². The summed E-state index contributed by atoms with van der Waals surface area (Å²) in [7, 11) is 0. The second kappa shape index (κ2) is 7.88. The first-order valence-electron chi connectivity index (χ1n) is 11.3. The molecule has 0 fully saturated rings. The van der Waals surface area contributed by atoms with Crippen LogP contribution in [0.1, 0.15) is 35.6 Å². The number of fused-ring (bicyclic) bond motifs is 3. The third-order valence-electron chi connectivity index (χ3n) is 6.62. The standard InChI is InChI=1S/C25H22FN7O2/c1-2-33-13-14(10-29-33)25(24(34)35)22-17(16-5-3-4-6-18(16)30-22)9-20(32-25)23-28-12-21(31-23)19-8-7-15(26)11-27-19/h3-8,10-13,20,30,32H,2,9H2,1H3,(H,28,31)(H,34,35)/t20-,25?/m1/s1. The Bertz CT molecular complexity index is 1550. The van der Waals surface area contributed by atoms with Crippen LogP contribution in [0, 0.1) is 5.82 Å². The molecule has 0 radical (unpaired) electrons. The molecule has 176 valence electrons. The Morgan fingerprint density at radius 1 is 1.23 bits per heavy atom. The Labute approximate surface area is 199 Å². The highest BCUT2D eigenvalue weighted by molar-refractivity contribution is 5.92. The number of hydrogen-bond acceptors (Lipinski definition) is 5. The van der Waals surface area contributed by atoms with Crippen LogP contribution >= 0.6 is 0 Å². The summed E-state index contributed by atoms with van der Waals surface area (Å²) in [6, 6.07) is 10.2. The first kappa shape index (κ1) is 21.2. The summed E-state index contributed by atoms with van der Waals surface area (Å²) >= 11 is 0. The Balaban J connectivity index is 1.51. The van der Waals surface area contributed by atoms with Gasteiger partial charge in [0, 0.05) is 35.4 Å². The van der Waals surface area contributed by atoms with E-state index < -0.39 is 23.4 Å². The zero-order chi connectivity index (χ0) is 24.2. The molecule has 1 unspecified atom stereocenters. The van der Waals surface area contributed by atoms with Gasteiger partial charge in [0.1, 0.15) is 17.3 Å². The maximum atomic E-state index is 13.3. The number of carbonyl (C=O) groups is 1. The predicted molar refractivity (Wildman–Crippen MR) is 126 cm³/mol. The van der Waals surface area contributed by atoms with Crippen LogP contribution in [0.3, 0.4) is 0 Å². The minimum atomic E-state index is -1.56. The lowest BCUT2D eigenvalue weighted by atomic mass is 9.80. The zero-order valence-electron chi connectivity index (χ0n) is 18.8. The molecule has 4 aromatic heterocycles. The van der Waals surface area contributed by atoms with Crippen LogP contribution in [0.25, 0.3) is 22.3 Å². The zero-order valence-corrected chi connectivity index (χ0v) is 18.8. The minimum absolute atomic E-state index is 0.427. The Morgan fingerprint density at radius 2 is 2.09 bits per heavy atom. The Hall–Kier alpha value is -4.31. The number of carboxylic acids is 1. The Morgan fingerprint density at radius 3 is 2.83 bits per heavy atom. The molecule has 6 rings (SSSR count). The molecule has 0 saturated carbocycles. The Kier molecular flexibility index (Phi) is 4.78. The fourth-order valence-electron chi connectivity index (χ4n) is 4.91. The molecule has 5 heterocycles. The lowest BCUT2D eigenvalue weighted by Gasteiger charge is -2.38. The van der Waals surface area contributed by atoms with E-state index in [0.717, 1.165) is 22.7 Å². The van der Waals surface area contributed by atoms with Gasteiger partial charge in [0.05, 0.1) is 29.8 Å². The normalized spacial score (nSPS) is 19.7. The van der Waals surface area contributed by atoms with Crippen LogP contribution < -0.4 is 5.32 Å². The van der Waals surface area contributed by atoms with Crippen LogP contribution in [-0.2, 0) is 23.3 Å². The van der Waals surface area contributed by atoms with Crippen molar-refractivity contribution < 1.29 is 14.3 Å². The van der Waals surface area contributed by atoms with Crippen LogP contribution in [0.2, 0.25) is 0 Å². The van der Waals surface area contributed by atoms with E-state index in [1.54, 1.807) is 29.3 Å². The number of pyridine rings is 1. The van der Waals surface area contributed by atoms with Crippen molar-refractivity contribution in [3.63, 3.8) is 0 Å². The third kappa shape index (κ3) is 3.25. The van der Waals surface area contributed by atoms with Gasteiger partial charge >= 0.3 is 5.97 Å². The highest BCUT2D eigenvalue weighted by Crippen LogP contribution is 2.43. The summed E-state index contributed by atoms with van der Waals surface area (Å²) in [5.74, 6) is -0.905. The van der Waals surface area contributed by atoms with Gasteiger partial charge in [-0.1, -0.05) is 18.2 Å². The number of H-pyrrole nitrogens is 2. The molecule has 1 aromatic carbocycles. The van der Waals surface area contributed by atoms with Crippen molar-refractivity contribution in [2.45, 2.75) is 31.5 Å². The van der Waals surface area contributed by atoms with Crippen molar-refractivity contribution >= 4 is 16.9 Å². The molecule has 10 heteroatoms. The van der Waals surface area contributed by atoms with Crippen LogP contribution in [0.15, 0.2) is 61.2 Å². The average Bonchev–Trinajstić information content (AvgIpc) is 3.62. The lowest BCUT2D eigenvalue weighted by molar-refractivity contribution is -0.144. The van der Waals surface area contributed by atoms with E-state index in [4.69, 9.17) is 0 Å². The first-order valence-corrected chi connectivity index (χ1v) is 11.3. The average molecular weight is 471 g/mol. The molecule has 2 atom stereocenters. The number of para-hydroxylation sites is 1. The van der Waals surface area contributed by atoms with E-state index >= 15 is 0 Å². The van der Waals surface area contributed by atoms with Crippen LogP contribution in [0.5, 0.6) is 0 Å². The van der Waals surface area contributed by atoms with Crippen molar-refractivity contribution in [1.82, 2.24) is 35.0 Å². The molecule has 5 aromatic rings. The molecule has 0 amide bonds. The van der Waals surface area contributed by atoms with Gasteiger partial charge < -0.3 is 15.1 Å². The van der Waals surface area contributed by atoms with Gasteiger partial charge in [0.25, 0.3) is 0 Å². The fourth-order valence-corrected chi connectivity index (χ4v) is 4.91. The summed E-state index contributed by atoms with van der Waals surface area (Å²) in [5.41, 5.74) is 2.39. The molecule has 35 heavy (non-hydrogen) atoms. The van der Waals surface area contributed by atoms with Gasteiger partial charge in [-0.3, -0.25) is 15.0 Å². The van der Waals surface area contributed by atoms with Crippen LogP contribution in [0.4, 0.5) is 4.39 Å². The van der Waals surface area contributed by atoms with Crippen molar-refractivity contribution in [3.8, 4) is 11.4 Å². The maximum absolute atomic E-state index is 13.3. The number of rotatable bonds is 5. The smallest absolute Gasteiger partial charge is 0.334 e. The van der Waals surface area contributed by atoms with Gasteiger partial charge in [-0.25, -0.2) is 14.2 Å². The number of hydrogen-bond donors (Lipinski definition) is 4. The summed E-state index contributed by atoms with van der Waals surface area (Å²) in [5, 5.41) is 19.4. The van der Waals surface area contributed by atoms with Gasteiger partial charge in [-0.15, -0.1) is 0 Å². The largest absolute Gasteiger partial charge is 0.479 e. The number of nitrogens with one attached hydrogen (secondary N) is 3. The monoisotopic (exact) mass is 471 g/mol. The number of carboxylic acid groups (broad SMARTS) is 1. The quantitative estimate of drug-likeness (QED) is 0.311. The van der Waals surface area contributed by atoms with Gasteiger partial charge in [-0.05, 0) is 37.1 Å². The molecule has 0 bridgehead atoms. The molecular weight excluding hydrogens is 449 g/mol. The number of nitrogens with zero attached hydrogens (tertiary/aromatic N) is 4. The molecule has 0 saturated heterocycles. The number of aromatic amines is 2. The van der Waals surface area contributed by atoms with Crippen molar-refractivity contribution in [3.05, 3.63) is 89.6 Å². The van der Waals surface area contributed by atoms with Gasteiger partial charge in [0.2, 0.25) is 0 Å².